The van der Waals surface area contributed by atoms with Crippen LogP contribution in [0.25, 0.3) is 12.2 Å². The average Bonchev–Trinajstić information content (AvgIpc) is 3.10. The van der Waals surface area contributed by atoms with Crippen molar-refractivity contribution in [2.75, 3.05) is 38.9 Å². The first-order valence-electron chi connectivity index (χ1n) is 15.9. The zero-order chi connectivity index (χ0) is 35.2. The highest BCUT2D eigenvalue weighted by Crippen LogP contribution is 2.34. The third-order valence-electron chi connectivity index (χ3n) is 7.70. The van der Waals surface area contributed by atoms with Gasteiger partial charge in [0.15, 0.2) is 11.6 Å². The highest BCUT2D eigenvalue weighted by molar-refractivity contribution is 6.07. The number of phenols is 2. The maximum Gasteiger partial charge on any atom is 0.185 e. The third-order valence-corrected chi connectivity index (χ3v) is 7.70. The molecule has 4 rings (SSSR count). The summed E-state index contributed by atoms with van der Waals surface area (Å²) in [5.41, 5.74) is 6.37. The van der Waals surface area contributed by atoms with Crippen LogP contribution in [-0.2, 0) is 6.42 Å². The quantitative estimate of drug-likeness (QED) is 0.0838. The number of phenolic OH excluding ortho intramolecular Hbond substituents is 2. The first-order chi connectivity index (χ1) is 23.0. The summed E-state index contributed by atoms with van der Waals surface area (Å²) in [5.74, 6) is 1.51. The molecule has 0 aliphatic carbocycles. The SMILES string of the molecule is CCCc1cc(/C=C/C(=O)c2ccc(NC)cc2)c(OC)cc1O.CNc1ccc(C(=O)/C=C/c2cc(C(C)C)c(O)cc2OC)cc1. The van der Waals surface area contributed by atoms with Crippen molar-refractivity contribution in [1.82, 2.24) is 0 Å². The van der Waals surface area contributed by atoms with E-state index >= 15 is 0 Å². The largest absolute Gasteiger partial charge is 0.508 e. The van der Waals surface area contributed by atoms with E-state index in [4.69, 9.17) is 9.47 Å². The van der Waals surface area contributed by atoms with E-state index in [0.717, 1.165) is 46.5 Å². The van der Waals surface area contributed by atoms with Crippen LogP contribution in [0.1, 0.15) is 76.1 Å². The number of ketones is 2. The van der Waals surface area contributed by atoms with E-state index in [0.29, 0.717) is 22.6 Å². The predicted molar refractivity (Wildman–Crippen MR) is 196 cm³/mol. The fourth-order valence-electron chi connectivity index (χ4n) is 4.91. The van der Waals surface area contributed by atoms with Crippen LogP contribution >= 0.6 is 0 Å². The summed E-state index contributed by atoms with van der Waals surface area (Å²) >= 11 is 0. The minimum absolute atomic E-state index is 0.0789. The Balaban J connectivity index is 0.000000260. The normalized spacial score (nSPS) is 10.9. The van der Waals surface area contributed by atoms with Crippen molar-refractivity contribution in [1.29, 1.82) is 0 Å². The van der Waals surface area contributed by atoms with Crippen molar-refractivity contribution in [3.63, 3.8) is 0 Å². The Kier molecular flexibility index (Phi) is 13.9. The highest BCUT2D eigenvalue weighted by atomic mass is 16.5. The number of aromatic hydroxyl groups is 2. The molecule has 0 spiro atoms. The van der Waals surface area contributed by atoms with Crippen LogP contribution in [0.4, 0.5) is 11.4 Å². The van der Waals surface area contributed by atoms with Gasteiger partial charge in [-0.2, -0.15) is 0 Å². The average molecular weight is 651 g/mol. The Morgan fingerprint density at radius 3 is 1.54 bits per heavy atom. The molecule has 0 saturated carbocycles. The van der Waals surface area contributed by atoms with Gasteiger partial charge in [0.1, 0.15) is 23.0 Å². The van der Waals surface area contributed by atoms with E-state index in [1.165, 1.54) is 12.2 Å². The van der Waals surface area contributed by atoms with Crippen molar-refractivity contribution in [3.8, 4) is 23.0 Å². The Labute approximate surface area is 283 Å². The van der Waals surface area contributed by atoms with Crippen LogP contribution in [0.5, 0.6) is 23.0 Å². The first-order valence-corrected chi connectivity index (χ1v) is 15.9. The van der Waals surface area contributed by atoms with Crippen molar-refractivity contribution in [3.05, 3.63) is 118 Å². The zero-order valence-corrected chi connectivity index (χ0v) is 28.8. The lowest BCUT2D eigenvalue weighted by Gasteiger charge is -2.12. The molecule has 0 atom stereocenters. The van der Waals surface area contributed by atoms with Gasteiger partial charge in [0, 0.05) is 59.9 Å². The van der Waals surface area contributed by atoms with Crippen molar-refractivity contribution >= 4 is 35.1 Å². The van der Waals surface area contributed by atoms with Gasteiger partial charge < -0.3 is 30.3 Å². The summed E-state index contributed by atoms with van der Waals surface area (Å²) in [6.07, 6.45) is 8.20. The van der Waals surface area contributed by atoms with E-state index in [1.54, 1.807) is 62.8 Å². The lowest BCUT2D eigenvalue weighted by Crippen LogP contribution is -1.96. The summed E-state index contributed by atoms with van der Waals surface area (Å²) in [6.45, 7) is 6.06. The van der Waals surface area contributed by atoms with Crippen LogP contribution in [0.3, 0.4) is 0 Å². The Hall–Kier alpha value is -5.50. The lowest BCUT2D eigenvalue weighted by molar-refractivity contribution is 0.103. The monoisotopic (exact) mass is 650 g/mol. The molecule has 0 amide bonds. The summed E-state index contributed by atoms with van der Waals surface area (Å²) in [7, 11) is 6.76. The Bertz CT molecular complexity index is 1740. The number of aryl methyl sites for hydroxylation is 1. The van der Waals surface area contributed by atoms with E-state index in [1.807, 2.05) is 64.3 Å². The first kappa shape index (κ1) is 37.0. The topological polar surface area (TPSA) is 117 Å². The molecular formula is C40H46N2O6. The Morgan fingerprint density at radius 1 is 0.708 bits per heavy atom. The molecule has 0 fully saturated rings. The van der Waals surface area contributed by atoms with Crippen LogP contribution in [0.2, 0.25) is 0 Å². The smallest absolute Gasteiger partial charge is 0.185 e. The predicted octanol–water partition coefficient (Wildman–Crippen LogP) is 8.75. The van der Waals surface area contributed by atoms with Gasteiger partial charge >= 0.3 is 0 Å². The molecule has 0 bridgehead atoms. The maximum atomic E-state index is 12.3. The molecule has 0 aliphatic rings. The minimum atomic E-state index is -0.0844. The molecule has 48 heavy (non-hydrogen) atoms. The van der Waals surface area contributed by atoms with Gasteiger partial charge in [0.2, 0.25) is 0 Å². The highest BCUT2D eigenvalue weighted by Gasteiger charge is 2.12. The second kappa shape index (κ2) is 18.0. The number of hydrogen-bond acceptors (Lipinski definition) is 8. The number of ether oxygens (including phenoxy) is 2. The second-order valence-electron chi connectivity index (χ2n) is 11.3. The molecule has 0 saturated heterocycles. The van der Waals surface area contributed by atoms with Crippen LogP contribution in [0, 0.1) is 0 Å². The molecule has 4 N–H and O–H groups in total. The molecule has 8 heteroatoms. The molecule has 8 nitrogen and oxygen atoms in total. The van der Waals surface area contributed by atoms with Crippen LogP contribution < -0.4 is 20.1 Å². The van der Waals surface area contributed by atoms with Gasteiger partial charge in [-0.25, -0.2) is 0 Å². The van der Waals surface area contributed by atoms with Gasteiger partial charge in [-0.3, -0.25) is 9.59 Å². The lowest BCUT2D eigenvalue weighted by atomic mass is 9.98. The number of hydrogen-bond donors (Lipinski definition) is 4. The van der Waals surface area contributed by atoms with E-state index in [9.17, 15) is 19.8 Å². The molecule has 0 unspecified atom stereocenters. The van der Waals surface area contributed by atoms with E-state index in [-0.39, 0.29) is 29.0 Å². The minimum Gasteiger partial charge on any atom is -0.508 e. The summed E-state index contributed by atoms with van der Waals surface area (Å²) in [4.78, 5) is 24.6. The molecular weight excluding hydrogens is 604 g/mol. The molecule has 0 radical (unpaired) electrons. The Morgan fingerprint density at radius 2 is 1.15 bits per heavy atom. The number of benzene rings is 4. The van der Waals surface area contributed by atoms with Crippen molar-refractivity contribution in [2.24, 2.45) is 0 Å². The molecule has 252 valence electrons. The van der Waals surface area contributed by atoms with Gasteiger partial charge in [-0.1, -0.05) is 27.2 Å². The number of rotatable bonds is 13. The number of allylic oxidation sites excluding steroid dienone is 2. The summed E-state index contributed by atoms with van der Waals surface area (Å²) < 4.78 is 10.6. The van der Waals surface area contributed by atoms with E-state index in [2.05, 4.69) is 17.6 Å². The van der Waals surface area contributed by atoms with Crippen LogP contribution in [-0.4, -0.2) is 50.1 Å². The van der Waals surface area contributed by atoms with Gasteiger partial charge in [-0.05, 0) is 108 Å². The second-order valence-corrected chi connectivity index (χ2v) is 11.3. The molecule has 0 aromatic heterocycles. The van der Waals surface area contributed by atoms with Crippen LogP contribution in [0.15, 0.2) is 84.9 Å². The van der Waals surface area contributed by atoms with Gasteiger partial charge in [0.05, 0.1) is 14.2 Å². The van der Waals surface area contributed by atoms with Crippen molar-refractivity contribution < 1.29 is 29.3 Å². The van der Waals surface area contributed by atoms with E-state index < -0.39 is 0 Å². The fraction of sp³-hybridized carbons (Fsp3) is 0.250. The number of methoxy groups -OCH3 is 2. The molecule has 4 aromatic rings. The van der Waals surface area contributed by atoms with Crippen molar-refractivity contribution in [2.45, 2.75) is 39.5 Å². The molecule has 0 aliphatic heterocycles. The summed E-state index contributed by atoms with van der Waals surface area (Å²) in [5, 5.41) is 26.1. The number of carbonyl (C=O) groups is 2. The van der Waals surface area contributed by atoms with Gasteiger partial charge in [-0.15, -0.1) is 0 Å². The third kappa shape index (κ3) is 10.00. The zero-order valence-electron chi connectivity index (χ0n) is 28.8. The number of carbonyl (C=O) groups excluding carboxylic acids is 2. The standard InChI is InChI=1S/2C20H23NO3/c1-13(2)17-11-15(20(24-4)12-19(17)23)7-10-18(22)14-5-8-16(21-3)9-6-14;1-4-5-15-12-16(20(24-3)13-19(15)23)8-11-18(22)14-6-9-17(21-2)10-7-14/h5-13,21,23H,1-4H3;6-13,21,23H,4-5H2,1-3H3/b10-7+;11-8+. The number of anilines is 2. The fourth-order valence-corrected chi connectivity index (χ4v) is 4.91. The van der Waals surface area contributed by atoms with Gasteiger partial charge in [0.25, 0.3) is 0 Å². The molecule has 0 heterocycles. The summed E-state index contributed by atoms with van der Waals surface area (Å²) in [6, 6.07) is 21.5. The maximum absolute atomic E-state index is 12.3. The number of nitrogens with one attached hydrogen (secondary N) is 2. The molecule has 4 aromatic carbocycles.